The van der Waals surface area contributed by atoms with Crippen molar-refractivity contribution in [3.8, 4) is 0 Å². The van der Waals surface area contributed by atoms with Crippen molar-refractivity contribution < 1.29 is 37.6 Å². The Balaban J connectivity index is 3.93. The number of hydrogen-bond donors (Lipinski definition) is 2. The molecule has 0 saturated heterocycles. The van der Waals surface area contributed by atoms with Gasteiger partial charge in [-0.25, -0.2) is 4.57 Å². The van der Waals surface area contributed by atoms with Crippen LogP contribution in [0.4, 0.5) is 0 Å². The second-order valence-electron chi connectivity index (χ2n) is 23.7. The van der Waals surface area contributed by atoms with E-state index in [9.17, 15) is 19.0 Å². The quantitative estimate of drug-likeness (QED) is 0.0264. The molecule has 496 valence electrons. The van der Waals surface area contributed by atoms with E-state index in [0.29, 0.717) is 6.42 Å². The summed E-state index contributed by atoms with van der Waals surface area (Å²) in [6.45, 7) is 3.63. The van der Waals surface area contributed by atoms with Crippen molar-refractivity contribution in [2.24, 2.45) is 5.73 Å². The summed E-state index contributed by atoms with van der Waals surface area (Å²) in [5.74, 6) is -0.861. The highest BCUT2D eigenvalue weighted by atomic mass is 31.2. The third kappa shape index (κ3) is 69.8. The Morgan fingerprint density at radius 1 is 0.360 bits per heavy atom. The molecule has 0 aromatic rings. The molecule has 0 fully saturated rings. The second kappa shape index (κ2) is 70.8. The minimum atomic E-state index is -4.41. The highest BCUT2D eigenvalue weighted by Crippen LogP contribution is 2.43. The molecule has 2 atom stereocenters. The molecule has 9 nitrogen and oxygen atoms in total. The molecule has 0 rings (SSSR count). The molecular weight excluding hydrogens is 1090 g/mol. The third-order valence-corrected chi connectivity index (χ3v) is 16.4. The van der Waals surface area contributed by atoms with Crippen LogP contribution >= 0.6 is 7.82 Å². The summed E-state index contributed by atoms with van der Waals surface area (Å²) in [6, 6.07) is 0. The molecule has 10 heteroatoms. The van der Waals surface area contributed by atoms with E-state index in [0.717, 1.165) is 96.3 Å². The number of esters is 2. The van der Waals surface area contributed by atoms with Gasteiger partial charge in [0.05, 0.1) is 13.2 Å². The SMILES string of the molecule is CC/C=C\C/C=C\C/C=C\C/C=C\C/C=C\C/C=C\C/C=C\C/C=C\C/C=C\CCCCCC(=O)OC(COC(=O)CCCCCCCCCCCCCCCCCCCCCCCCCCCCCCCCCCCC)COP(=O)(O)OCCN. The molecule has 0 aliphatic heterocycles. The Morgan fingerprint density at radius 3 is 0.953 bits per heavy atom. The number of allylic oxidation sites excluding steroid dienone is 18. The monoisotopic (exact) mass is 1220 g/mol. The Morgan fingerprint density at radius 2 is 0.640 bits per heavy atom. The van der Waals surface area contributed by atoms with Gasteiger partial charge in [0.2, 0.25) is 0 Å². The van der Waals surface area contributed by atoms with E-state index in [1.54, 1.807) is 0 Å². The van der Waals surface area contributed by atoms with Crippen LogP contribution in [0.25, 0.3) is 0 Å². The van der Waals surface area contributed by atoms with Gasteiger partial charge in [0.1, 0.15) is 6.61 Å². The fourth-order valence-electron chi connectivity index (χ4n) is 10.2. The Labute approximate surface area is 530 Å². The minimum absolute atomic E-state index is 0.0433. The van der Waals surface area contributed by atoms with E-state index < -0.39 is 26.5 Å². The van der Waals surface area contributed by atoms with E-state index in [1.807, 2.05) is 0 Å². The van der Waals surface area contributed by atoms with Crippen molar-refractivity contribution >= 4 is 19.8 Å². The molecule has 0 heterocycles. The number of ether oxygens (including phenoxy) is 2. The normalized spacial score (nSPS) is 13.6. The van der Waals surface area contributed by atoms with Gasteiger partial charge in [0.25, 0.3) is 0 Å². The average Bonchev–Trinajstić information content (AvgIpc) is 3.58. The molecule has 0 aliphatic rings. The van der Waals surface area contributed by atoms with Gasteiger partial charge in [-0.1, -0.05) is 342 Å². The van der Waals surface area contributed by atoms with Crippen LogP contribution in [-0.4, -0.2) is 49.3 Å². The fraction of sp³-hybridized carbons (Fsp3) is 0.737. The van der Waals surface area contributed by atoms with Crippen LogP contribution in [0.5, 0.6) is 0 Å². The van der Waals surface area contributed by atoms with Crippen molar-refractivity contribution in [3.05, 3.63) is 109 Å². The Hall–Kier alpha value is -3.33. The summed E-state index contributed by atoms with van der Waals surface area (Å²) in [7, 11) is -4.41. The number of unbranched alkanes of at least 4 members (excludes halogenated alkanes) is 36. The van der Waals surface area contributed by atoms with E-state index in [4.69, 9.17) is 24.3 Å². The van der Waals surface area contributed by atoms with Gasteiger partial charge >= 0.3 is 19.8 Å². The van der Waals surface area contributed by atoms with Crippen LogP contribution in [0.2, 0.25) is 0 Å². The number of phosphoric ester groups is 1. The van der Waals surface area contributed by atoms with Crippen molar-refractivity contribution in [2.45, 2.75) is 335 Å². The van der Waals surface area contributed by atoms with Crippen LogP contribution in [0.15, 0.2) is 109 Å². The molecule has 0 radical (unpaired) electrons. The topological polar surface area (TPSA) is 134 Å². The molecule has 0 amide bonds. The minimum Gasteiger partial charge on any atom is -0.462 e. The van der Waals surface area contributed by atoms with Crippen molar-refractivity contribution in [1.82, 2.24) is 0 Å². The van der Waals surface area contributed by atoms with Gasteiger partial charge in [-0.15, -0.1) is 0 Å². The van der Waals surface area contributed by atoms with E-state index in [1.165, 1.54) is 199 Å². The summed E-state index contributed by atoms with van der Waals surface area (Å²) < 4.78 is 33.1. The smallest absolute Gasteiger partial charge is 0.462 e. The maximum absolute atomic E-state index is 12.7. The maximum Gasteiger partial charge on any atom is 0.472 e. The number of nitrogens with two attached hydrogens (primary N) is 1. The van der Waals surface area contributed by atoms with Crippen LogP contribution < -0.4 is 5.73 Å². The number of phosphoric acid groups is 1. The van der Waals surface area contributed by atoms with Crippen LogP contribution in [0.1, 0.15) is 328 Å². The molecule has 0 aromatic carbocycles. The first kappa shape index (κ1) is 82.7. The lowest BCUT2D eigenvalue weighted by Gasteiger charge is -2.19. The highest BCUT2D eigenvalue weighted by molar-refractivity contribution is 7.47. The predicted molar refractivity (Wildman–Crippen MR) is 371 cm³/mol. The Kier molecular flexibility index (Phi) is 68.0. The van der Waals surface area contributed by atoms with E-state index in [2.05, 4.69) is 123 Å². The maximum atomic E-state index is 12.7. The molecule has 0 saturated carbocycles. The van der Waals surface area contributed by atoms with Crippen LogP contribution in [0.3, 0.4) is 0 Å². The molecular formula is C76H134NO8P. The first-order valence-corrected chi connectivity index (χ1v) is 37.4. The molecule has 0 spiro atoms. The first-order valence-electron chi connectivity index (χ1n) is 35.9. The zero-order valence-electron chi connectivity index (χ0n) is 55.8. The number of carbonyl (C=O) groups excluding carboxylic acids is 2. The van der Waals surface area contributed by atoms with Crippen molar-refractivity contribution in [2.75, 3.05) is 26.4 Å². The highest BCUT2D eigenvalue weighted by Gasteiger charge is 2.26. The summed E-state index contributed by atoms with van der Waals surface area (Å²) in [5.41, 5.74) is 5.40. The fourth-order valence-corrected chi connectivity index (χ4v) is 10.9. The number of rotatable bonds is 67. The number of carbonyl (C=O) groups is 2. The Bertz CT molecular complexity index is 1780. The largest absolute Gasteiger partial charge is 0.472 e. The lowest BCUT2D eigenvalue weighted by Crippen LogP contribution is -2.29. The van der Waals surface area contributed by atoms with Gasteiger partial charge in [0, 0.05) is 19.4 Å². The van der Waals surface area contributed by atoms with E-state index in [-0.39, 0.29) is 38.6 Å². The van der Waals surface area contributed by atoms with Gasteiger partial charge in [-0.05, 0) is 83.5 Å². The van der Waals surface area contributed by atoms with Gasteiger partial charge in [-0.2, -0.15) is 0 Å². The summed E-state index contributed by atoms with van der Waals surface area (Å²) in [4.78, 5) is 35.3. The summed E-state index contributed by atoms with van der Waals surface area (Å²) in [6.07, 6.45) is 97.7. The van der Waals surface area contributed by atoms with Gasteiger partial charge in [0.15, 0.2) is 6.10 Å². The van der Waals surface area contributed by atoms with Gasteiger partial charge in [-0.3, -0.25) is 18.6 Å². The zero-order chi connectivity index (χ0) is 62.3. The summed E-state index contributed by atoms with van der Waals surface area (Å²) in [5, 5.41) is 0. The van der Waals surface area contributed by atoms with Gasteiger partial charge < -0.3 is 20.1 Å². The predicted octanol–water partition coefficient (Wildman–Crippen LogP) is 23.7. The second-order valence-corrected chi connectivity index (χ2v) is 25.2. The first-order chi connectivity index (χ1) is 42.3. The molecule has 0 bridgehead atoms. The third-order valence-electron chi connectivity index (χ3n) is 15.4. The van der Waals surface area contributed by atoms with Crippen LogP contribution in [-0.2, 0) is 32.7 Å². The zero-order valence-corrected chi connectivity index (χ0v) is 56.7. The average molecular weight is 1220 g/mol. The standard InChI is InChI=1S/C76H134NO8P/c1-3-5-7-9-11-13-15-17-19-21-23-25-27-29-31-33-35-36-37-39-40-42-44-46-48-50-52-54-56-58-60-62-64-66-68-75(78)82-72-74(73-84-86(80,81)83-71-70-77)85-76(79)69-67-65-63-61-59-57-55-53-51-49-47-45-43-41-38-34-32-30-28-26-24-22-20-18-16-14-12-10-8-6-4-2/h6,8,12,14,18,20,24,26,30,32,38,41,45,47,51,53,57,59,74H,3-5,7,9-11,13,15-17,19,21-23,25,27-29,31,33-37,39-40,42-44,46,48-50,52,54-56,58,60-73,77H2,1-2H3,(H,80,81)/b8-6-,14-12-,20-18-,26-24-,32-30-,41-38-,47-45-,53-51-,59-57-. The number of hydrogen-bond acceptors (Lipinski definition) is 8. The summed E-state index contributed by atoms with van der Waals surface area (Å²) >= 11 is 0. The molecule has 3 N–H and O–H groups in total. The lowest BCUT2D eigenvalue weighted by molar-refractivity contribution is -0.161. The molecule has 0 aliphatic carbocycles. The van der Waals surface area contributed by atoms with E-state index >= 15 is 0 Å². The molecule has 2 unspecified atom stereocenters. The van der Waals surface area contributed by atoms with Crippen LogP contribution in [0, 0.1) is 0 Å². The van der Waals surface area contributed by atoms with Crippen molar-refractivity contribution in [3.63, 3.8) is 0 Å². The van der Waals surface area contributed by atoms with Crippen molar-refractivity contribution in [1.29, 1.82) is 0 Å². The molecule has 0 aromatic heterocycles. The lowest BCUT2D eigenvalue weighted by atomic mass is 10.0. The molecule has 86 heavy (non-hydrogen) atoms.